The Kier molecular flexibility index (Phi) is 3.23. The first-order valence-electron chi connectivity index (χ1n) is 4.45. The zero-order valence-corrected chi connectivity index (χ0v) is 10.6. The molecule has 1 aromatic carbocycles. The quantitative estimate of drug-likeness (QED) is 0.575. The summed E-state index contributed by atoms with van der Waals surface area (Å²) in [5.41, 5.74) is 0. The normalized spacial score (nSPS) is 12.9. The van der Waals surface area contributed by atoms with Crippen LogP contribution in [-0.2, 0) is 4.12 Å². The SMILES string of the molecule is C[Si](C)(C)O[Si](F)(F)c1ccccc1. The summed E-state index contributed by atoms with van der Waals surface area (Å²) >= 11 is 0. The van der Waals surface area contributed by atoms with Gasteiger partial charge in [-0.1, -0.05) is 30.3 Å². The first-order valence-corrected chi connectivity index (χ1v) is 9.52. The summed E-state index contributed by atoms with van der Waals surface area (Å²) in [6.45, 7) is 5.32. The molecule has 0 bridgehead atoms. The zero-order valence-electron chi connectivity index (χ0n) is 8.55. The van der Waals surface area contributed by atoms with Crippen molar-refractivity contribution < 1.29 is 12.3 Å². The maximum Gasteiger partial charge on any atom is 0.603 e. The monoisotopic (exact) mass is 232 g/mol. The summed E-state index contributed by atoms with van der Waals surface area (Å²) in [5.74, 6) is 0. The summed E-state index contributed by atoms with van der Waals surface area (Å²) in [6.07, 6.45) is 0. The van der Waals surface area contributed by atoms with Gasteiger partial charge >= 0.3 is 8.99 Å². The fourth-order valence-electron chi connectivity index (χ4n) is 1.08. The van der Waals surface area contributed by atoms with Crippen LogP contribution in [0.15, 0.2) is 30.3 Å². The van der Waals surface area contributed by atoms with Gasteiger partial charge in [-0.2, -0.15) is 0 Å². The van der Waals surface area contributed by atoms with Crippen molar-refractivity contribution in [3.63, 3.8) is 0 Å². The van der Waals surface area contributed by atoms with Gasteiger partial charge in [0.1, 0.15) is 0 Å². The lowest BCUT2D eigenvalue weighted by Gasteiger charge is -2.23. The van der Waals surface area contributed by atoms with Gasteiger partial charge in [0.25, 0.3) is 0 Å². The summed E-state index contributed by atoms with van der Waals surface area (Å²) in [4.78, 5) is 0. The van der Waals surface area contributed by atoms with Gasteiger partial charge in [-0.25, -0.2) is 8.22 Å². The maximum absolute atomic E-state index is 13.6. The van der Waals surface area contributed by atoms with Gasteiger partial charge in [0.2, 0.25) is 0 Å². The average molecular weight is 232 g/mol. The van der Waals surface area contributed by atoms with E-state index in [9.17, 15) is 8.22 Å². The van der Waals surface area contributed by atoms with Gasteiger partial charge in [-0.05, 0) is 19.6 Å². The van der Waals surface area contributed by atoms with Crippen molar-refractivity contribution >= 4 is 22.5 Å². The molecule has 1 nitrogen and oxygen atoms in total. The minimum Gasteiger partial charge on any atom is -0.407 e. The van der Waals surface area contributed by atoms with Crippen molar-refractivity contribution in [2.45, 2.75) is 19.6 Å². The van der Waals surface area contributed by atoms with E-state index in [0.29, 0.717) is 0 Å². The van der Waals surface area contributed by atoms with E-state index in [1.165, 1.54) is 12.1 Å². The van der Waals surface area contributed by atoms with Crippen LogP contribution in [0.2, 0.25) is 19.6 Å². The molecule has 0 fully saturated rings. The van der Waals surface area contributed by atoms with Gasteiger partial charge in [0.05, 0.1) is 0 Å². The zero-order chi connectivity index (χ0) is 10.8. The van der Waals surface area contributed by atoms with Crippen molar-refractivity contribution in [2.75, 3.05) is 0 Å². The fraction of sp³-hybridized carbons (Fsp3) is 0.333. The first-order chi connectivity index (χ1) is 6.31. The number of hydrogen-bond acceptors (Lipinski definition) is 1. The van der Waals surface area contributed by atoms with Gasteiger partial charge < -0.3 is 4.12 Å². The van der Waals surface area contributed by atoms with E-state index < -0.39 is 17.3 Å². The van der Waals surface area contributed by atoms with E-state index >= 15 is 0 Å². The van der Waals surface area contributed by atoms with E-state index in [4.69, 9.17) is 4.12 Å². The predicted molar refractivity (Wildman–Crippen MR) is 58.5 cm³/mol. The van der Waals surface area contributed by atoms with E-state index in [2.05, 4.69) is 0 Å². The second kappa shape index (κ2) is 3.92. The Morgan fingerprint density at radius 3 is 1.93 bits per heavy atom. The summed E-state index contributed by atoms with van der Waals surface area (Å²) in [5, 5.41) is 0.0578. The molecule has 14 heavy (non-hydrogen) atoms. The van der Waals surface area contributed by atoms with Gasteiger partial charge in [-0.15, -0.1) is 0 Å². The highest BCUT2D eigenvalue weighted by atomic mass is 28.5. The van der Waals surface area contributed by atoms with E-state index in [0.717, 1.165) is 0 Å². The number of rotatable bonds is 3. The molecule has 0 spiro atoms. The highest BCUT2D eigenvalue weighted by Gasteiger charge is 2.44. The lowest BCUT2D eigenvalue weighted by molar-refractivity contribution is 0.395. The summed E-state index contributed by atoms with van der Waals surface area (Å²) in [6, 6.07) is 7.83. The second-order valence-electron chi connectivity index (χ2n) is 4.10. The maximum atomic E-state index is 13.6. The van der Waals surface area contributed by atoms with Crippen LogP contribution in [0.4, 0.5) is 8.22 Å². The van der Waals surface area contributed by atoms with E-state index in [1.807, 2.05) is 0 Å². The lowest BCUT2D eigenvalue weighted by Crippen LogP contribution is -2.49. The van der Waals surface area contributed by atoms with Crippen molar-refractivity contribution in [1.82, 2.24) is 0 Å². The second-order valence-corrected chi connectivity index (χ2v) is 10.7. The number of hydrogen-bond donors (Lipinski definition) is 0. The molecule has 0 radical (unpaired) electrons. The Morgan fingerprint density at radius 1 is 1.00 bits per heavy atom. The van der Waals surface area contributed by atoms with Crippen molar-refractivity contribution in [3.05, 3.63) is 30.3 Å². The molecule has 0 N–H and O–H groups in total. The molecule has 0 heterocycles. The van der Waals surface area contributed by atoms with Crippen LogP contribution in [0.25, 0.3) is 0 Å². The van der Waals surface area contributed by atoms with Crippen LogP contribution in [0.1, 0.15) is 0 Å². The smallest absolute Gasteiger partial charge is 0.407 e. The number of benzene rings is 1. The Labute approximate surface area is 85.3 Å². The third kappa shape index (κ3) is 3.32. The summed E-state index contributed by atoms with van der Waals surface area (Å²) < 4.78 is 32.2. The Balaban J connectivity index is 2.86. The Bertz CT molecular complexity index is 295. The van der Waals surface area contributed by atoms with Crippen LogP contribution in [0, 0.1) is 0 Å². The van der Waals surface area contributed by atoms with Crippen LogP contribution >= 0.6 is 0 Å². The van der Waals surface area contributed by atoms with Gasteiger partial charge in [0, 0.05) is 5.19 Å². The van der Waals surface area contributed by atoms with Crippen LogP contribution in [0.5, 0.6) is 0 Å². The van der Waals surface area contributed by atoms with Gasteiger partial charge in [-0.3, -0.25) is 0 Å². The van der Waals surface area contributed by atoms with Crippen LogP contribution in [0.3, 0.4) is 0 Å². The molecule has 0 amide bonds. The third-order valence-electron chi connectivity index (χ3n) is 1.54. The molecule has 5 heteroatoms. The molecule has 0 aliphatic heterocycles. The molecule has 1 rings (SSSR count). The molecule has 0 saturated heterocycles. The molecule has 0 atom stereocenters. The molecule has 1 aromatic rings. The molecule has 0 aliphatic carbocycles. The third-order valence-corrected chi connectivity index (χ3v) is 6.02. The van der Waals surface area contributed by atoms with Crippen LogP contribution < -0.4 is 5.19 Å². The standard InChI is InChI=1S/C9H14F2OSi2/c1-13(2,3)12-14(10,11)9-7-5-4-6-8-9/h4-8H,1-3H3. The number of halogens is 2. The topological polar surface area (TPSA) is 9.23 Å². The Hall–Kier alpha value is -0.526. The largest absolute Gasteiger partial charge is 0.603 e. The predicted octanol–water partition coefficient (Wildman–Crippen LogP) is 2.62. The summed E-state index contributed by atoms with van der Waals surface area (Å²) in [7, 11) is -6.82. The Morgan fingerprint density at radius 2 is 1.50 bits per heavy atom. The average Bonchev–Trinajstić information content (AvgIpc) is 2.01. The lowest BCUT2D eigenvalue weighted by atomic mass is 10.4. The molecular weight excluding hydrogens is 218 g/mol. The van der Waals surface area contributed by atoms with Crippen LogP contribution in [-0.4, -0.2) is 17.3 Å². The molecule has 0 saturated carbocycles. The van der Waals surface area contributed by atoms with E-state index in [1.54, 1.807) is 37.8 Å². The van der Waals surface area contributed by atoms with Crippen molar-refractivity contribution in [1.29, 1.82) is 0 Å². The molecule has 0 aromatic heterocycles. The van der Waals surface area contributed by atoms with Gasteiger partial charge in [0.15, 0.2) is 8.32 Å². The van der Waals surface area contributed by atoms with E-state index in [-0.39, 0.29) is 5.19 Å². The first kappa shape index (κ1) is 11.5. The molecule has 0 aliphatic rings. The minimum absolute atomic E-state index is 0.0578. The minimum atomic E-state index is -4.65. The van der Waals surface area contributed by atoms with Crippen molar-refractivity contribution in [2.24, 2.45) is 0 Å². The highest BCUT2D eigenvalue weighted by Crippen LogP contribution is 2.16. The highest BCUT2D eigenvalue weighted by molar-refractivity contribution is 6.85. The van der Waals surface area contributed by atoms with Crippen molar-refractivity contribution in [3.8, 4) is 0 Å². The molecule has 0 unspecified atom stereocenters. The molecule has 78 valence electrons. The fourth-order valence-corrected chi connectivity index (χ4v) is 5.20. The molecular formula is C9H14F2OSi2.